The van der Waals surface area contributed by atoms with Crippen LogP contribution in [-0.4, -0.2) is 19.7 Å². The lowest BCUT2D eigenvalue weighted by Crippen LogP contribution is -2.22. The molecule has 3 radical (unpaired) electrons. The van der Waals surface area contributed by atoms with Gasteiger partial charge < -0.3 is 0 Å². The highest BCUT2D eigenvalue weighted by molar-refractivity contribution is 8.38. The SMILES string of the molecule is CCC1(CC)CC[Si][S]1C. The highest BCUT2D eigenvalue weighted by atomic mass is 32.4. The quantitative estimate of drug-likeness (QED) is 0.563. The van der Waals surface area contributed by atoms with Crippen molar-refractivity contribution in [1.82, 2.24) is 0 Å². The summed E-state index contributed by atoms with van der Waals surface area (Å²) in [6.07, 6.45) is 6.81. The zero-order valence-electron chi connectivity index (χ0n) is 7.24. The van der Waals surface area contributed by atoms with Gasteiger partial charge in [0.2, 0.25) is 0 Å². The fraction of sp³-hybridized carbons (Fsp3) is 1.00. The molecule has 0 amide bonds. The molecule has 0 bridgehead atoms. The van der Waals surface area contributed by atoms with Crippen LogP contribution in [0, 0.1) is 0 Å². The third-order valence-corrected chi connectivity index (χ3v) is 9.02. The summed E-state index contributed by atoms with van der Waals surface area (Å²) in [5.74, 6) is 0. The van der Waals surface area contributed by atoms with E-state index >= 15 is 0 Å². The van der Waals surface area contributed by atoms with Crippen molar-refractivity contribution in [2.24, 2.45) is 0 Å². The van der Waals surface area contributed by atoms with Gasteiger partial charge >= 0.3 is 0 Å². The molecule has 0 spiro atoms. The minimum absolute atomic E-state index is 0.758. The van der Waals surface area contributed by atoms with Crippen LogP contribution in [0.2, 0.25) is 6.04 Å². The number of rotatable bonds is 2. The van der Waals surface area contributed by atoms with E-state index in [-0.39, 0.29) is 0 Å². The van der Waals surface area contributed by atoms with E-state index in [4.69, 9.17) is 0 Å². The molecule has 1 saturated heterocycles. The summed E-state index contributed by atoms with van der Waals surface area (Å²) in [5.41, 5.74) is 0. The Kier molecular flexibility index (Phi) is 2.87. The van der Waals surface area contributed by atoms with Gasteiger partial charge in [0.1, 0.15) is 8.67 Å². The maximum atomic E-state index is 2.47. The van der Waals surface area contributed by atoms with Gasteiger partial charge in [0.05, 0.1) is 0 Å². The molecule has 1 heterocycles. The Morgan fingerprint density at radius 2 is 2.00 bits per heavy atom. The molecule has 0 N–H and O–H groups in total. The lowest BCUT2D eigenvalue weighted by atomic mass is 9.99. The zero-order valence-corrected chi connectivity index (χ0v) is 9.05. The lowest BCUT2D eigenvalue weighted by Gasteiger charge is -2.33. The average Bonchev–Trinajstić information content (AvgIpc) is 2.32. The first-order chi connectivity index (χ1) is 4.75. The van der Waals surface area contributed by atoms with E-state index < -0.39 is 0 Å². The highest BCUT2D eigenvalue weighted by Gasteiger charge is 2.35. The predicted octanol–water partition coefficient (Wildman–Crippen LogP) is 2.89. The molecule has 1 aliphatic rings. The normalized spacial score (nSPS) is 25.5. The maximum Gasteiger partial charge on any atom is 0.110 e. The standard InChI is InChI=1S/C8H17SSi/c1-4-8(5-2)6-7-10-9(8)3/h4-7H2,1-3H3. The largest absolute Gasteiger partial charge is 0.226 e. The van der Waals surface area contributed by atoms with Crippen molar-refractivity contribution in [2.75, 3.05) is 6.26 Å². The van der Waals surface area contributed by atoms with Gasteiger partial charge in [-0.25, -0.2) is 10.3 Å². The van der Waals surface area contributed by atoms with Crippen molar-refractivity contribution < 1.29 is 0 Å². The van der Waals surface area contributed by atoms with Crippen molar-refractivity contribution in [3.8, 4) is 0 Å². The molecule has 10 heavy (non-hydrogen) atoms. The average molecular weight is 173 g/mol. The van der Waals surface area contributed by atoms with Gasteiger partial charge in [0.25, 0.3) is 0 Å². The van der Waals surface area contributed by atoms with E-state index in [0.717, 1.165) is 15.1 Å². The van der Waals surface area contributed by atoms with Gasteiger partial charge in [-0.2, -0.15) is 0 Å². The Morgan fingerprint density at radius 3 is 2.20 bits per heavy atom. The lowest BCUT2D eigenvalue weighted by molar-refractivity contribution is 0.538. The van der Waals surface area contributed by atoms with Crippen LogP contribution in [0.1, 0.15) is 33.1 Å². The molecule has 0 aromatic rings. The topological polar surface area (TPSA) is 0 Å². The third kappa shape index (κ3) is 1.28. The van der Waals surface area contributed by atoms with Crippen LogP contribution in [0.15, 0.2) is 0 Å². The molecule has 0 aliphatic carbocycles. The van der Waals surface area contributed by atoms with Gasteiger partial charge in [-0.3, -0.25) is 0 Å². The van der Waals surface area contributed by atoms with Crippen molar-refractivity contribution in [3.63, 3.8) is 0 Å². The van der Waals surface area contributed by atoms with E-state index in [1.165, 1.54) is 34.0 Å². The zero-order chi connectivity index (χ0) is 7.61. The number of hydrogen-bond donors (Lipinski definition) is 0. The second-order valence-corrected chi connectivity index (χ2v) is 8.42. The predicted molar refractivity (Wildman–Crippen MR) is 52.0 cm³/mol. The Balaban J connectivity index is 2.61. The fourth-order valence-corrected chi connectivity index (χ4v) is 7.74. The molecule has 2 heteroatoms. The molecular weight excluding hydrogens is 156 g/mol. The smallest absolute Gasteiger partial charge is 0.110 e. The monoisotopic (exact) mass is 173 g/mol. The highest BCUT2D eigenvalue weighted by Crippen LogP contribution is 2.51. The van der Waals surface area contributed by atoms with Gasteiger partial charge in [0.15, 0.2) is 0 Å². The molecule has 1 rings (SSSR count). The second-order valence-electron chi connectivity index (χ2n) is 3.04. The summed E-state index contributed by atoms with van der Waals surface area (Å²) >= 11 is 0. The fourth-order valence-electron chi connectivity index (χ4n) is 1.77. The van der Waals surface area contributed by atoms with Crippen LogP contribution in [0.3, 0.4) is 0 Å². The van der Waals surface area contributed by atoms with Crippen LogP contribution in [0.25, 0.3) is 0 Å². The molecule has 0 aromatic heterocycles. The minimum atomic E-state index is 0.758. The van der Waals surface area contributed by atoms with E-state index in [9.17, 15) is 0 Å². The van der Waals surface area contributed by atoms with Gasteiger partial charge in [-0.05, 0) is 25.5 Å². The molecular formula is C8H17SSi. The minimum Gasteiger partial charge on any atom is -0.226 e. The van der Waals surface area contributed by atoms with Gasteiger partial charge in [0, 0.05) is 4.75 Å². The van der Waals surface area contributed by atoms with Crippen LogP contribution in [-0.2, 0) is 0 Å². The first-order valence-electron chi connectivity index (χ1n) is 4.14. The molecule has 1 aliphatic heterocycles. The van der Waals surface area contributed by atoms with Crippen LogP contribution in [0.4, 0.5) is 0 Å². The summed E-state index contributed by atoms with van der Waals surface area (Å²) in [4.78, 5) is 0. The van der Waals surface area contributed by atoms with Crippen molar-refractivity contribution >= 4 is 19.0 Å². The molecule has 1 fully saturated rings. The Labute approximate surface area is 69.6 Å². The summed E-state index contributed by atoms with van der Waals surface area (Å²) < 4.78 is 0.776. The van der Waals surface area contributed by atoms with Crippen molar-refractivity contribution in [2.45, 2.75) is 43.9 Å². The third-order valence-electron chi connectivity index (χ3n) is 2.84. The van der Waals surface area contributed by atoms with E-state index in [1.54, 1.807) is 0 Å². The summed E-state index contributed by atoms with van der Waals surface area (Å²) in [6, 6.07) is 1.52. The molecule has 59 valence electrons. The van der Waals surface area contributed by atoms with Crippen LogP contribution in [0.5, 0.6) is 0 Å². The Morgan fingerprint density at radius 1 is 1.40 bits per heavy atom. The molecule has 0 atom stereocenters. The first kappa shape index (κ1) is 8.66. The second kappa shape index (κ2) is 3.31. The van der Waals surface area contributed by atoms with Crippen molar-refractivity contribution in [1.29, 1.82) is 0 Å². The van der Waals surface area contributed by atoms with Gasteiger partial charge in [-0.15, -0.1) is 0 Å². The first-order valence-corrected chi connectivity index (χ1v) is 7.71. The maximum absolute atomic E-state index is 2.47. The van der Waals surface area contributed by atoms with E-state index in [2.05, 4.69) is 20.1 Å². The van der Waals surface area contributed by atoms with E-state index in [1.807, 2.05) is 0 Å². The summed E-state index contributed by atoms with van der Waals surface area (Å²) in [7, 11) is 2.03. The summed E-state index contributed by atoms with van der Waals surface area (Å²) in [6.45, 7) is 4.73. The Hall–Kier alpha value is 0.567. The Bertz CT molecular complexity index is 110. The van der Waals surface area contributed by atoms with Gasteiger partial charge in [-0.1, -0.05) is 19.9 Å². The van der Waals surface area contributed by atoms with E-state index in [0.29, 0.717) is 0 Å². The number of hydrogen-bond acceptors (Lipinski definition) is 0. The molecule has 0 saturated carbocycles. The molecule has 0 unspecified atom stereocenters. The van der Waals surface area contributed by atoms with Crippen LogP contribution >= 0.6 is 10.3 Å². The molecule has 0 nitrogen and oxygen atoms in total. The molecule has 0 aromatic carbocycles. The summed E-state index contributed by atoms with van der Waals surface area (Å²) in [5, 5.41) is 0. The van der Waals surface area contributed by atoms with Crippen LogP contribution < -0.4 is 0 Å². The van der Waals surface area contributed by atoms with Crippen molar-refractivity contribution in [3.05, 3.63) is 0 Å².